The van der Waals surface area contributed by atoms with Gasteiger partial charge in [-0.25, -0.2) is 18.4 Å². The van der Waals surface area contributed by atoms with Crippen LogP contribution in [0, 0.1) is 5.92 Å². The third kappa shape index (κ3) is 4.10. The maximum absolute atomic E-state index is 12.0. The van der Waals surface area contributed by atoms with Gasteiger partial charge >= 0.3 is 5.97 Å². The number of rotatable bonds is 5. The molecule has 0 amide bonds. The predicted octanol–water partition coefficient (Wildman–Crippen LogP) is 2.99. The van der Waals surface area contributed by atoms with Crippen molar-refractivity contribution in [3.05, 3.63) is 27.7 Å². The minimum atomic E-state index is -4.06. The van der Waals surface area contributed by atoms with Gasteiger partial charge in [0.1, 0.15) is 4.90 Å². The van der Waals surface area contributed by atoms with E-state index >= 15 is 0 Å². The Morgan fingerprint density at radius 1 is 1.33 bits per heavy atom. The van der Waals surface area contributed by atoms with Gasteiger partial charge in [-0.1, -0.05) is 42.5 Å². The molecule has 1 aliphatic rings. The Morgan fingerprint density at radius 3 is 2.52 bits per heavy atom. The summed E-state index contributed by atoms with van der Waals surface area (Å²) in [7, 11) is -4.06. The molecule has 0 saturated heterocycles. The van der Waals surface area contributed by atoms with Gasteiger partial charge in [0, 0.05) is 5.02 Å². The SMILES string of the molecule is NS(=O)(=O)c1cc(Cl)cc(C(=O)OCCC2CCC2)c1Cl. The zero-order valence-electron chi connectivity index (χ0n) is 11.1. The van der Waals surface area contributed by atoms with Gasteiger partial charge in [-0.15, -0.1) is 0 Å². The highest BCUT2D eigenvalue weighted by atomic mass is 35.5. The summed E-state index contributed by atoms with van der Waals surface area (Å²) >= 11 is 11.7. The van der Waals surface area contributed by atoms with E-state index < -0.39 is 16.0 Å². The van der Waals surface area contributed by atoms with E-state index in [2.05, 4.69) is 0 Å². The number of hydrogen-bond acceptors (Lipinski definition) is 4. The third-order valence-electron chi connectivity index (χ3n) is 3.51. The highest BCUT2D eigenvalue weighted by Crippen LogP contribution is 2.31. The molecule has 1 aromatic rings. The maximum Gasteiger partial charge on any atom is 0.339 e. The van der Waals surface area contributed by atoms with Crippen LogP contribution >= 0.6 is 23.2 Å². The van der Waals surface area contributed by atoms with Crippen LogP contribution in [-0.4, -0.2) is 21.0 Å². The molecular formula is C13H15Cl2NO4S. The van der Waals surface area contributed by atoms with Gasteiger partial charge in [0.05, 0.1) is 17.2 Å². The van der Waals surface area contributed by atoms with Crippen LogP contribution in [0.2, 0.25) is 10.0 Å². The fourth-order valence-electron chi connectivity index (χ4n) is 2.10. The summed E-state index contributed by atoms with van der Waals surface area (Å²) in [5, 5.41) is 4.82. The van der Waals surface area contributed by atoms with Crippen LogP contribution in [0.15, 0.2) is 17.0 Å². The number of sulfonamides is 1. The fourth-order valence-corrected chi connectivity index (χ4v) is 3.54. The molecule has 1 aliphatic carbocycles. The van der Waals surface area contributed by atoms with E-state index in [1.165, 1.54) is 12.5 Å². The van der Waals surface area contributed by atoms with Crippen molar-refractivity contribution >= 4 is 39.2 Å². The fraction of sp³-hybridized carbons (Fsp3) is 0.462. The number of carbonyl (C=O) groups is 1. The quantitative estimate of drug-likeness (QED) is 0.826. The Labute approximate surface area is 133 Å². The van der Waals surface area contributed by atoms with Gasteiger partial charge in [-0.3, -0.25) is 0 Å². The Kier molecular flexibility index (Phi) is 5.14. The van der Waals surface area contributed by atoms with Gasteiger partial charge in [0.2, 0.25) is 10.0 Å². The van der Waals surface area contributed by atoms with Crippen molar-refractivity contribution in [2.24, 2.45) is 11.1 Å². The molecule has 0 aliphatic heterocycles. The predicted molar refractivity (Wildman–Crippen MR) is 80.1 cm³/mol. The van der Waals surface area contributed by atoms with Crippen LogP contribution in [0.5, 0.6) is 0 Å². The van der Waals surface area contributed by atoms with E-state index in [0.29, 0.717) is 5.92 Å². The first kappa shape index (κ1) is 16.5. The molecule has 2 rings (SSSR count). The van der Waals surface area contributed by atoms with Crippen molar-refractivity contribution in [1.82, 2.24) is 0 Å². The van der Waals surface area contributed by atoms with Crippen molar-refractivity contribution in [2.45, 2.75) is 30.6 Å². The molecule has 0 spiro atoms. The first-order valence-electron chi connectivity index (χ1n) is 6.48. The smallest absolute Gasteiger partial charge is 0.339 e. The van der Waals surface area contributed by atoms with Crippen LogP contribution in [0.25, 0.3) is 0 Å². The molecule has 1 fully saturated rings. The number of nitrogens with two attached hydrogens (primary N) is 1. The molecule has 8 heteroatoms. The largest absolute Gasteiger partial charge is 0.462 e. The van der Waals surface area contributed by atoms with E-state index in [1.54, 1.807) is 0 Å². The molecule has 0 aromatic heterocycles. The second-order valence-electron chi connectivity index (χ2n) is 5.03. The van der Waals surface area contributed by atoms with E-state index in [4.69, 9.17) is 33.1 Å². The second kappa shape index (κ2) is 6.52. The molecule has 5 nitrogen and oxygen atoms in total. The normalized spacial score (nSPS) is 15.6. The molecule has 1 aromatic carbocycles. The van der Waals surface area contributed by atoms with Crippen LogP contribution < -0.4 is 5.14 Å². The van der Waals surface area contributed by atoms with Crippen LogP contribution in [0.3, 0.4) is 0 Å². The minimum absolute atomic E-state index is 0.0503. The van der Waals surface area contributed by atoms with Crippen LogP contribution in [0.1, 0.15) is 36.0 Å². The van der Waals surface area contributed by atoms with Gasteiger partial charge in [0.25, 0.3) is 0 Å². The molecular weight excluding hydrogens is 337 g/mol. The van der Waals surface area contributed by atoms with E-state index in [0.717, 1.165) is 25.3 Å². The first-order valence-corrected chi connectivity index (χ1v) is 8.78. The van der Waals surface area contributed by atoms with Gasteiger partial charge in [0.15, 0.2) is 0 Å². The van der Waals surface area contributed by atoms with Crippen molar-refractivity contribution < 1.29 is 17.9 Å². The Bertz CT molecular complexity index is 656. The average Bonchev–Trinajstić information content (AvgIpc) is 2.33. The van der Waals surface area contributed by atoms with E-state index in [1.807, 2.05) is 0 Å². The Morgan fingerprint density at radius 2 is 2.00 bits per heavy atom. The summed E-state index contributed by atoms with van der Waals surface area (Å²) in [6, 6.07) is 2.37. The maximum atomic E-state index is 12.0. The monoisotopic (exact) mass is 351 g/mol. The molecule has 21 heavy (non-hydrogen) atoms. The molecule has 0 radical (unpaired) electrons. The molecule has 0 bridgehead atoms. The van der Waals surface area contributed by atoms with Crippen LogP contribution in [0.4, 0.5) is 0 Å². The molecule has 2 N–H and O–H groups in total. The van der Waals surface area contributed by atoms with Crippen molar-refractivity contribution in [3.63, 3.8) is 0 Å². The minimum Gasteiger partial charge on any atom is -0.462 e. The van der Waals surface area contributed by atoms with Crippen molar-refractivity contribution in [2.75, 3.05) is 6.61 Å². The van der Waals surface area contributed by atoms with Crippen molar-refractivity contribution in [3.8, 4) is 0 Å². The first-order chi connectivity index (χ1) is 9.79. The molecule has 0 unspecified atom stereocenters. The number of carbonyl (C=O) groups excluding carboxylic acids is 1. The zero-order chi connectivity index (χ0) is 15.6. The summed E-state index contributed by atoms with van der Waals surface area (Å²) in [5.74, 6) is -0.0978. The second-order valence-corrected chi connectivity index (χ2v) is 7.38. The zero-order valence-corrected chi connectivity index (χ0v) is 13.5. The van der Waals surface area contributed by atoms with E-state index in [9.17, 15) is 13.2 Å². The molecule has 116 valence electrons. The summed E-state index contributed by atoms with van der Waals surface area (Å²) in [4.78, 5) is 11.6. The summed E-state index contributed by atoms with van der Waals surface area (Å²) in [6.45, 7) is 0.275. The number of primary sulfonamides is 1. The highest BCUT2D eigenvalue weighted by Gasteiger charge is 2.23. The lowest BCUT2D eigenvalue weighted by molar-refractivity contribution is 0.0464. The van der Waals surface area contributed by atoms with Gasteiger partial charge in [-0.05, 0) is 24.5 Å². The van der Waals surface area contributed by atoms with Crippen molar-refractivity contribution in [1.29, 1.82) is 0 Å². The lowest BCUT2D eigenvalue weighted by Crippen LogP contribution is -2.17. The summed E-state index contributed by atoms with van der Waals surface area (Å²) in [5.41, 5.74) is -0.0956. The lowest BCUT2D eigenvalue weighted by atomic mass is 9.83. The standard InChI is InChI=1S/C13H15Cl2NO4S/c14-9-6-10(12(15)11(7-9)21(16,18)19)13(17)20-5-4-8-2-1-3-8/h6-8H,1-5H2,(H2,16,18,19). The average molecular weight is 352 g/mol. The van der Waals surface area contributed by atoms with E-state index in [-0.39, 0.29) is 27.1 Å². The summed E-state index contributed by atoms with van der Waals surface area (Å²) in [6.07, 6.45) is 4.33. The lowest BCUT2D eigenvalue weighted by Gasteiger charge is -2.24. The number of ether oxygens (including phenoxy) is 1. The summed E-state index contributed by atoms with van der Waals surface area (Å²) < 4.78 is 27.9. The van der Waals surface area contributed by atoms with Crippen LogP contribution in [-0.2, 0) is 14.8 Å². The number of benzene rings is 1. The topological polar surface area (TPSA) is 86.5 Å². The molecule has 0 atom stereocenters. The van der Waals surface area contributed by atoms with Gasteiger partial charge in [-0.2, -0.15) is 0 Å². The molecule has 0 heterocycles. The number of hydrogen-bond donors (Lipinski definition) is 1. The third-order valence-corrected chi connectivity index (χ3v) is 5.19. The number of esters is 1. The van der Waals surface area contributed by atoms with Gasteiger partial charge < -0.3 is 4.74 Å². The Hall–Kier alpha value is -0.820. The number of halogens is 2. The molecule has 1 saturated carbocycles. The highest BCUT2D eigenvalue weighted by molar-refractivity contribution is 7.89. The Balaban J connectivity index is 2.14.